The third kappa shape index (κ3) is 19.3. The molecule has 0 aromatic heterocycles. The Kier molecular flexibility index (Phi) is 14.0. The molecule has 0 atom stereocenters. The average Bonchev–Trinajstić information content (AvgIpc) is 2.19. The lowest BCUT2D eigenvalue weighted by Gasteiger charge is -1.89. The summed E-state index contributed by atoms with van der Waals surface area (Å²) in [6.45, 7) is 3.89. The van der Waals surface area contributed by atoms with Crippen LogP contribution in [0, 0.1) is 0 Å². The summed E-state index contributed by atoms with van der Waals surface area (Å²) in [7, 11) is 0. The first-order valence-electron chi connectivity index (χ1n) is 5.14. The van der Waals surface area contributed by atoms with Gasteiger partial charge in [-0.25, -0.2) is 4.79 Å². The quantitative estimate of drug-likeness (QED) is 0.408. The van der Waals surface area contributed by atoms with Crippen molar-refractivity contribution >= 4 is 11.9 Å². The van der Waals surface area contributed by atoms with Crippen molar-refractivity contribution in [2.75, 3.05) is 0 Å². The van der Waals surface area contributed by atoms with E-state index in [9.17, 15) is 9.59 Å². The Morgan fingerprint density at radius 2 is 1.67 bits per heavy atom. The number of carbonyl (C=O) groups is 2. The molecule has 0 fully saturated rings. The SMILES string of the molecule is CCCC(=O)OO.CCCCCC(=O)O. The number of carbonyl (C=O) groups excluding carboxylic acids is 1. The van der Waals surface area contributed by atoms with Gasteiger partial charge in [-0.3, -0.25) is 4.79 Å². The summed E-state index contributed by atoms with van der Waals surface area (Å²) >= 11 is 0. The Labute approximate surface area is 90.0 Å². The van der Waals surface area contributed by atoms with Crippen LogP contribution in [0.2, 0.25) is 0 Å². The van der Waals surface area contributed by atoms with Crippen molar-refractivity contribution in [1.82, 2.24) is 0 Å². The van der Waals surface area contributed by atoms with Gasteiger partial charge >= 0.3 is 11.9 Å². The van der Waals surface area contributed by atoms with Gasteiger partial charge in [-0.2, -0.15) is 5.26 Å². The topological polar surface area (TPSA) is 83.8 Å². The molecule has 0 spiro atoms. The van der Waals surface area contributed by atoms with Crippen LogP contribution in [0.4, 0.5) is 0 Å². The van der Waals surface area contributed by atoms with Gasteiger partial charge in [0.1, 0.15) is 0 Å². The lowest BCUT2D eigenvalue weighted by atomic mass is 10.2. The van der Waals surface area contributed by atoms with E-state index in [1.807, 2.05) is 6.92 Å². The molecule has 0 aliphatic heterocycles. The third-order valence-electron chi connectivity index (χ3n) is 1.55. The van der Waals surface area contributed by atoms with Crippen LogP contribution in [0.3, 0.4) is 0 Å². The first-order chi connectivity index (χ1) is 7.08. The van der Waals surface area contributed by atoms with Gasteiger partial charge in [-0.05, 0) is 12.8 Å². The minimum Gasteiger partial charge on any atom is -0.481 e. The summed E-state index contributed by atoms with van der Waals surface area (Å²) in [5.41, 5.74) is 0. The second kappa shape index (κ2) is 12.9. The Balaban J connectivity index is 0. The molecule has 0 saturated carbocycles. The van der Waals surface area contributed by atoms with Crippen molar-refractivity contribution in [2.45, 2.75) is 52.4 Å². The summed E-state index contributed by atoms with van der Waals surface area (Å²) in [4.78, 5) is 23.2. The van der Waals surface area contributed by atoms with Gasteiger partial charge in [0.15, 0.2) is 0 Å². The van der Waals surface area contributed by atoms with Crippen molar-refractivity contribution < 1.29 is 24.8 Å². The Morgan fingerprint density at radius 3 is 1.93 bits per heavy atom. The molecule has 2 N–H and O–H groups in total. The van der Waals surface area contributed by atoms with E-state index in [4.69, 9.17) is 10.4 Å². The lowest BCUT2D eigenvalue weighted by Crippen LogP contribution is -1.97. The molecule has 5 heteroatoms. The maximum Gasteiger partial charge on any atom is 0.342 e. The number of hydrogen-bond donors (Lipinski definition) is 2. The maximum atomic E-state index is 9.94. The first-order valence-corrected chi connectivity index (χ1v) is 5.14. The predicted octanol–water partition coefficient (Wildman–Crippen LogP) is 2.45. The summed E-state index contributed by atoms with van der Waals surface area (Å²) in [5.74, 6) is -1.25. The van der Waals surface area contributed by atoms with Gasteiger partial charge in [0.2, 0.25) is 0 Å². The van der Waals surface area contributed by atoms with Gasteiger partial charge in [0, 0.05) is 12.8 Å². The van der Waals surface area contributed by atoms with Crippen LogP contribution < -0.4 is 0 Å². The van der Waals surface area contributed by atoms with Crippen molar-refractivity contribution in [3.05, 3.63) is 0 Å². The zero-order valence-electron chi connectivity index (χ0n) is 9.36. The second-order valence-electron chi connectivity index (χ2n) is 3.06. The van der Waals surface area contributed by atoms with E-state index in [-0.39, 0.29) is 6.42 Å². The highest BCUT2D eigenvalue weighted by molar-refractivity contribution is 5.68. The molecule has 15 heavy (non-hydrogen) atoms. The van der Waals surface area contributed by atoms with E-state index in [2.05, 4.69) is 11.8 Å². The molecule has 0 heterocycles. The molecule has 0 aliphatic carbocycles. The van der Waals surface area contributed by atoms with Crippen molar-refractivity contribution in [3.8, 4) is 0 Å². The number of rotatable bonds is 6. The van der Waals surface area contributed by atoms with Crippen molar-refractivity contribution in [1.29, 1.82) is 0 Å². The average molecular weight is 220 g/mol. The first kappa shape index (κ1) is 16.3. The van der Waals surface area contributed by atoms with E-state index in [0.29, 0.717) is 12.8 Å². The monoisotopic (exact) mass is 220 g/mol. The van der Waals surface area contributed by atoms with Crippen LogP contribution in [-0.2, 0) is 14.5 Å². The van der Waals surface area contributed by atoms with Crippen LogP contribution in [-0.4, -0.2) is 22.3 Å². The molecule has 0 aromatic rings. The number of unbranched alkanes of at least 4 members (excludes halogenated alkanes) is 2. The van der Waals surface area contributed by atoms with Crippen molar-refractivity contribution in [2.24, 2.45) is 0 Å². The Morgan fingerprint density at radius 1 is 1.07 bits per heavy atom. The molecule has 0 bridgehead atoms. The highest BCUT2D eigenvalue weighted by Crippen LogP contribution is 1.97. The minimum atomic E-state index is -0.682. The third-order valence-corrected chi connectivity index (χ3v) is 1.55. The number of carboxylic acids is 1. The standard InChI is InChI=1S/C6H12O2.C4H8O3/c1-2-3-4-5-6(7)8;1-2-3-4(5)7-6/h2-5H2,1H3,(H,7,8);6H,2-3H2,1H3. The zero-order valence-corrected chi connectivity index (χ0v) is 9.36. The Hall–Kier alpha value is -1.10. The normalized spacial score (nSPS) is 8.73. The van der Waals surface area contributed by atoms with Crippen LogP contribution in [0.5, 0.6) is 0 Å². The van der Waals surface area contributed by atoms with E-state index < -0.39 is 11.9 Å². The molecule has 0 unspecified atom stereocenters. The van der Waals surface area contributed by atoms with Gasteiger partial charge < -0.3 is 9.99 Å². The second-order valence-corrected chi connectivity index (χ2v) is 3.06. The fourth-order valence-corrected chi connectivity index (χ4v) is 0.776. The molecular weight excluding hydrogens is 200 g/mol. The molecule has 0 amide bonds. The maximum absolute atomic E-state index is 9.94. The van der Waals surface area contributed by atoms with E-state index in [1.54, 1.807) is 0 Å². The number of hydrogen-bond acceptors (Lipinski definition) is 4. The van der Waals surface area contributed by atoms with E-state index >= 15 is 0 Å². The zero-order chi connectivity index (χ0) is 12.1. The molecule has 0 radical (unpaired) electrons. The van der Waals surface area contributed by atoms with Gasteiger partial charge in [0.25, 0.3) is 0 Å². The molecule has 0 aliphatic rings. The van der Waals surface area contributed by atoms with E-state index in [0.717, 1.165) is 19.3 Å². The largest absolute Gasteiger partial charge is 0.481 e. The van der Waals surface area contributed by atoms with Crippen LogP contribution in [0.15, 0.2) is 0 Å². The van der Waals surface area contributed by atoms with Gasteiger partial charge in [0.05, 0.1) is 0 Å². The van der Waals surface area contributed by atoms with Gasteiger partial charge in [-0.15, -0.1) is 0 Å². The van der Waals surface area contributed by atoms with E-state index in [1.165, 1.54) is 0 Å². The number of aliphatic carboxylic acids is 1. The highest BCUT2D eigenvalue weighted by Gasteiger charge is 1.95. The van der Waals surface area contributed by atoms with Crippen LogP contribution in [0.1, 0.15) is 52.4 Å². The van der Waals surface area contributed by atoms with Crippen LogP contribution in [0.25, 0.3) is 0 Å². The fourth-order valence-electron chi connectivity index (χ4n) is 0.776. The van der Waals surface area contributed by atoms with Crippen molar-refractivity contribution in [3.63, 3.8) is 0 Å². The summed E-state index contributed by atoms with van der Waals surface area (Å²) in [6, 6.07) is 0. The summed E-state index contributed by atoms with van der Waals surface area (Å²) < 4.78 is 0. The fraction of sp³-hybridized carbons (Fsp3) is 0.800. The molecule has 0 aromatic carbocycles. The number of carboxylic acid groups (broad SMARTS) is 1. The summed E-state index contributed by atoms with van der Waals surface area (Å²) in [6.07, 6.45) is 4.27. The predicted molar refractivity (Wildman–Crippen MR) is 55.4 cm³/mol. The van der Waals surface area contributed by atoms with Gasteiger partial charge in [-0.1, -0.05) is 26.7 Å². The summed E-state index contributed by atoms with van der Waals surface area (Å²) in [5, 5.41) is 15.8. The molecule has 5 nitrogen and oxygen atoms in total. The van der Waals surface area contributed by atoms with Crippen LogP contribution >= 0.6 is 0 Å². The smallest absolute Gasteiger partial charge is 0.342 e. The molecule has 90 valence electrons. The lowest BCUT2D eigenvalue weighted by molar-refractivity contribution is -0.234. The molecule has 0 rings (SSSR count). The molecule has 0 saturated heterocycles. The highest BCUT2D eigenvalue weighted by atomic mass is 17.1. The molecular formula is C10H20O5. The Bertz CT molecular complexity index is 167. The minimum absolute atomic E-state index is 0.288.